The molecule has 0 spiro atoms. The molecule has 0 amide bonds. The van der Waals surface area contributed by atoms with E-state index in [2.05, 4.69) is 35.0 Å². The molecule has 1 aliphatic rings. The van der Waals surface area contributed by atoms with Crippen LogP contribution in [-0.2, 0) is 6.54 Å². The van der Waals surface area contributed by atoms with Gasteiger partial charge in [-0.05, 0) is 50.6 Å². The lowest BCUT2D eigenvalue weighted by molar-refractivity contribution is 0.206. The van der Waals surface area contributed by atoms with E-state index in [1.165, 1.54) is 10.3 Å². The topological polar surface area (TPSA) is 42.2 Å². The van der Waals surface area contributed by atoms with E-state index in [1.54, 1.807) is 11.3 Å². The van der Waals surface area contributed by atoms with Gasteiger partial charge in [-0.15, -0.1) is 11.3 Å². The first kappa shape index (κ1) is 12.1. The highest BCUT2D eigenvalue weighted by Gasteiger charge is 2.16. The number of aromatic nitrogens is 1. The highest BCUT2D eigenvalue weighted by atomic mass is 32.1. The van der Waals surface area contributed by atoms with Gasteiger partial charge in [-0.25, -0.2) is 4.98 Å². The van der Waals surface area contributed by atoms with Crippen LogP contribution in [0.25, 0.3) is 10.2 Å². The van der Waals surface area contributed by atoms with Crippen molar-refractivity contribution in [2.24, 2.45) is 5.73 Å². The van der Waals surface area contributed by atoms with Gasteiger partial charge in [0.05, 0.1) is 15.2 Å². The van der Waals surface area contributed by atoms with Crippen LogP contribution in [0.1, 0.15) is 23.4 Å². The van der Waals surface area contributed by atoms with Crippen LogP contribution in [0.3, 0.4) is 0 Å². The molecule has 0 aliphatic carbocycles. The van der Waals surface area contributed by atoms with Crippen molar-refractivity contribution in [3.05, 3.63) is 28.8 Å². The zero-order valence-corrected chi connectivity index (χ0v) is 11.5. The number of thiazole rings is 1. The summed E-state index contributed by atoms with van der Waals surface area (Å²) < 4.78 is 1.30. The van der Waals surface area contributed by atoms with Crippen LogP contribution in [0.15, 0.2) is 18.2 Å². The van der Waals surface area contributed by atoms with Crippen LogP contribution in [0.5, 0.6) is 0 Å². The van der Waals surface area contributed by atoms with Crippen LogP contribution < -0.4 is 5.73 Å². The zero-order valence-electron chi connectivity index (χ0n) is 10.7. The van der Waals surface area contributed by atoms with Crippen molar-refractivity contribution in [3.63, 3.8) is 0 Å². The second kappa shape index (κ2) is 4.96. The minimum Gasteiger partial charge on any atom is -0.328 e. The minimum atomic E-state index is 0.410. The molecule has 2 heterocycles. The van der Waals surface area contributed by atoms with E-state index in [0.29, 0.717) is 6.04 Å². The average molecular weight is 261 g/mol. The molecule has 18 heavy (non-hydrogen) atoms. The van der Waals surface area contributed by atoms with Gasteiger partial charge >= 0.3 is 0 Å². The number of piperidine rings is 1. The van der Waals surface area contributed by atoms with E-state index in [1.807, 2.05) is 0 Å². The van der Waals surface area contributed by atoms with Gasteiger partial charge in [0.2, 0.25) is 0 Å². The molecule has 0 saturated carbocycles. The van der Waals surface area contributed by atoms with Crippen molar-refractivity contribution in [2.45, 2.75) is 32.4 Å². The molecule has 3 nitrogen and oxygen atoms in total. The Morgan fingerprint density at radius 1 is 1.39 bits per heavy atom. The highest BCUT2D eigenvalue weighted by molar-refractivity contribution is 7.18. The summed E-state index contributed by atoms with van der Waals surface area (Å²) in [5, 5.41) is 1.14. The van der Waals surface area contributed by atoms with E-state index in [0.717, 1.165) is 43.0 Å². The third kappa shape index (κ3) is 2.55. The second-order valence-electron chi connectivity index (χ2n) is 5.15. The van der Waals surface area contributed by atoms with Crippen LogP contribution in [0.2, 0.25) is 0 Å². The number of hydrogen-bond donors (Lipinski definition) is 1. The number of nitrogens with two attached hydrogens (primary N) is 1. The number of rotatable bonds is 2. The van der Waals surface area contributed by atoms with E-state index >= 15 is 0 Å². The summed E-state index contributed by atoms with van der Waals surface area (Å²) in [4.78, 5) is 7.00. The number of nitrogens with zero attached hydrogens (tertiary/aromatic N) is 2. The number of benzene rings is 1. The van der Waals surface area contributed by atoms with Gasteiger partial charge in [0.1, 0.15) is 0 Å². The molecule has 1 aromatic heterocycles. The summed E-state index contributed by atoms with van der Waals surface area (Å²) in [5.74, 6) is 0. The first-order chi connectivity index (χ1) is 8.70. The van der Waals surface area contributed by atoms with Crippen LogP contribution in [-0.4, -0.2) is 29.0 Å². The predicted octanol–water partition coefficient (Wildman–Crippen LogP) is 2.53. The first-order valence-electron chi connectivity index (χ1n) is 6.55. The fourth-order valence-electron chi connectivity index (χ4n) is 2.55. The van der Waals surface area contributed by atoms with E-state index < -0.39 is 0 Å². The molecule has 4 heteroatoms. The molecule has 1 aromatic carbocycles. The van der Waals surface area contributed by atoms with E-state index in [4.69, 9.17) is 5.73 Å². The average Bonchev–Trinajstić information content (AvgIpc) is 2.71. The van der Waals surface area contributed by atoms with E-state index in [-0.39, 0.29) is 0 Å². The zero-order chi connectivity index (χ0) is 12.5. The van der Waals surface area contributed by atoms with Gasteiger partial charge in [-0.2, -0.15) is 0 Å². The van der Waals surface area contributed by atoms with Crippen LogP contribution in [0, 0.1) is 6.92 Å². The molecule has 1 saturated heterocycles. The Morgan fingerprint density at radius 2 is 2.17 bits per heavy atom. The standard InChI is InChI=1S/C14H19N3S/c1-10-16-13-3-2-11(8-14(13)18-10)9-17-6-4-12(15)5-7-17/h2-3,8,12H,4-7,9,15H2,1H3. The third-order valence-electron chi connectivity index (χ3n) is 3.60. The van der Waals surface area contributed by atoms with Crippen molar-refractivity contribution in [1.82, 2.24) is 9.88 Å². The minimum absolute atomic E-state index is 0.410. The van der Waals surface area contributed by atoms with Gasteiger partial charge in [0, 0.05) is 12.6 Å². The Bertz CT molecular complexity index is 541. The maximum Gasteiger partial charge on any atom is 0.0907 e. The largest absolute Gasteiger partial charge is 0.328 e. The van der Waals surface area contributed by atoms with Gasteiger partial charge < -0.3 is 5.73 Å². The summed E-state index contributed by atoms with van der Waals surface area (Å²) in [6, 6.07) is 7.04. The number of hydrogen-bond acceptors (Lipinski definition) is 4. The summed E-state index contributed by atoms with van der Waals surface area (Å²) in [7, 11) is 0. The number of likely N-dealkylation sites (tertiary alicyclic amines) is 1. The molecule has 0 bridgehead atoms. The molecular formula is C14H19N3S. The van der Waals surface area contributed by atoms with Gasteiger partial charge in [-0.1, -0.05) is 6.07 Å². The molecule has 1 fully saturated rings. The van der Waals surface area contributed by atoms with Crippen LogP contribution >= 0.6 is 11.3 Å². The molecule has 96 valence electrons. The molecule has 2 aromatic rings. The second-order valence-corrected chi connectivity index (χ2v) is 6.38. The number of fused-ring (bicyclic) bond motifs is 1. The maximum absolute atomic E-state index is 5.93. The smallest absolute Gasteiger partial charge is 0.0907 e. The lowest BCUT2D eigenvalue weighted by Gasteiger charge is -2.30. The Labute approximate surface area is 112 Å². The highest BCUT2D eigenvalue weighted by Crippen LogP contribution is 2.23. The van der Waals surface area contributed by atoms with Gasteiger partial charge in [0.25, 0.3) is 0 Å². The van der Waals surface area contributed by atoms with Crippen LogP contribution in [0.4, 0.5) is 0 Å². The maximum atomic E-state index is 5.93. The summed E-state index contributed by atoms with van der Waals surface area (Å²) in [6.45, 7) is 5.36. The van der Waals surface area contributed by atoms with Crippen molar-refractivity contribution in [2.75, 3.05) is 13.1 Å². The van der Waals surface area contributed by atoms with Crippen molar-refractivity contribution in [3.8, 4) is 0 Å². The fraction of sp³-hybridized carbons (Fsp3) is 0.500. The predicted molar refractivity (Wildman–Crippen MR) is 76.8 cm³/mol. The molecule has 2 N–H and O–H groups in total. The molecule has 0 radical (unpaired) electrons. The molecular weight excluding hydrogens is 242 g/mol. The molecule has 0 unspecified atom stereocenters. The lowest BCUT2D eigenvalue weighted by atomic mass is 10.1. The summed E-state index contributed by atoms with van der Waals surface area (Å²) in [6.07, 6.45) is 2.25. The van der Waals surface area contributed by atoms with Crippen molar-refractivity contribution >= 4 is 21.6 Å². The summed E-state index contributed by atoms with van der Waals surface area (Å²) >= 11 is 1.78. The number of aryl methyl sites for hydroxylation is 1. The Morgan fingerprint density at radius 3 is 2.94 bits per heavy atom. The molecule has 0 atom stereocenters. The molecule has 1 aliphatic heterocycles. The summed E-state index contributed by atoms with van der Waals surface area (Å²) in [5.41, 5.74) is 8.45. The van der Waals surface area contributed by atoms with E-state index in [9.17, 15) is 0 Å². The third-order valence-corrected chi connectivity index (χ3v) is 4.53. The lowest BCUT2D eigenvalue weighted by Crippen LogP contribution is -2.39. The Kier molecular flexibility index (Phi) is 3.33. The SMILES string of the molecule is Cc1nc2ccc(CN3CCC(N)CC3)cc2s1. The monoisotopic (exact) mass is 261 g/mol. The van der Waals surface area contributed by atoms with Crippen molar-refractivity contribution in [1.29, 1.82) is 0 Å². The van der Waals surface area contributed by atoms with Gasteiger partial charge in [-0.3, -0.25) is 4.90 Å². The quantitative estimate of drug-likeness (QED) is 0.903. The molecule has 3 rings (SSSR count). The normalized spacial score (nSPS) is 18.6. The Balaban J connectivity index is 1.74. The first-order valence-corrected chi connectivity index (χ1v) is 7.36. The Hall–Kier alpha value is -0.970. The van der Waals surface area contributed by atoms with Gasteiger partial charge in [0.15, 0.2) is 0 Å². The fourth-order valence-corrected chi connectivity index (χ4v) is 3.44. The van der Waals surface area contributed by atoms with Crippen molar-refractivity contribution < 1.29 is 0 Å².